The standard InChI is InChI=1S/C27H24ClN3O4S/c28-20-10-14-22(15-11-20)30-27-31(16-4-7-18-5-2-1-3-6-18)24(32)17-23(36-27)25(33)29-21-12-8-19(9-13-21)26(34)35/h1-3,5-6,8-15,23H,4,7,16-17H2,(H,29,33)(H,34,35). The largest absolute Gasteiger partial charge is 0.478 e. The van der Waals surface area contributed by atoms with E-state index in [1.54, 1.807) is 29.2 Å². The molecule has 3 aromatic rings. The van der Waals surface area contributed by atoms with Crippen LogP contribution in [0.4, 0.5) is 11.4 Å². The summed E-state index contributed by atoms with van der Waals surface area (Å²) >= 11 is 7.24. The van der Waals surface area contributed by atoms with Gasteiger partial charge in [0.05, 0.1) is 11.3 Å². The third-order valence-electron chi connectivity index (χ3n) is 5.57. The van der Waals surface area contributed by atoms with Gasteiger partial charge in [-0.3, -0.25) is 14.5 Å². The molecule has 184 valence electrons. The van der Waals surface area contributed by atoms with Crippen LogP contribution in [0.1, 0.15) is 28.8 Å². The Hall–Kier alpha value is -3.62. The van der Waals surface area contributed by atoms with Gasteiger partial charge in [-0.15, -0.1) is 0 Å². The van der Waals surface area contributed by atoms with Gasteiger partial charge in [0, 0.05) is 23.7 Å². The molecular formula is C27H24ClN3O4S. The Balaban J connectivity index is 1.49. The lowest BCUT2D eigenvalue weighted by Gasteiger charge is -2.32. The van der Waals surface area contributed by atoms with Crippen molar-refractivity contribution in [2.24, 2.45) is 4.99 Å². The minimum Gasteiger partial charge on any atom is -0.478 e. The maximum Gasteiger partial charge on any atom is 0.335 e. The Bertz CT molecular complexity index is 1260. The van der Waals surface area contributed by atoms with Gasteiger partial charge in [0.2, 0.25) is 11.8 Å². The minimum absolute atomic E-state index is 0.0364. The Morgan fingerprint density at radius 2 is 1.72 bits per heavy atom. The van der Waals surface area contributed by atoms with Gasteiger partial charge in [0.1, 0.15) is 5.25 Å². The molecule has 7 nitrogen and oxygen atoms in total. The summed E-state index contributed by atoms with van der Waals surface area (Å²) in [6.45, 7) is 0.484. The van der Waals surface area contributed by atoms with Gasteiger partial charge < -0.3 is 10.4 Å². The number of amides is 2. The predicted octanol–water partition coefficient (Wildman–Crippen LogP) is 5.63. The first kappa shape index (κ1) is 25.5. The number of halogens is 1. The summed E-state index contributed by atoms with van der Waals surface area (Å²) in [4.78, 5) is 43.5. The molecule has 0 bridgehead atoms. The molecule has 2 amide bonds. The topological polar surface area (TPSA) is 99.1 Å². The predicted molar refractivity (Wildman–Crippen MR) is 143 cm³/mol. The first-order valence-corrected chi connectivity index (χ1v) is 12.6. The first-order chi connectivity index (χ1) is 17.4. The summed E-state index contributed by atoms with van der Waals surface area (Å²) < 4.78 is 0. The molecular weight excluding hydrogens is 498 g/mol. The van der Waals surface area contributed by atoms with E-state index in [4.69, 9.17) is 16.7 Å². The molecule has 36 heavy (non-hydrogen) atoms. The monoisotopic (exact) mass is 521 g/mol. The van der Waals surface area contributed by atoms with Crippen LogP contribution in [0.25, 0.3) is 0 Å². The van der Waals surface area contributed by atoms with Crippen molar-refractivity contribution in [3.63, 3.8) is 0 Å². The quantitative estimate of drug-likeness (QED) is 0.400. The summed E-state index contributed by atoms with van der Waals surface area (Å²) in [6.07, 6.45) is 1.61. The van der Waals surface area contributed by atoms with Gasteiger partial charge in [0.25, 0.3) is 0 Å². The number of carbonyl (C=O) groups excluding carboxylic acids is 2. The van der Waals surface area contributed by atoms with Crippen molar-refractivity contribution in [1.29, 1.82) is 0 Å². The molecule has 1 unspecified atom stereocenters. The number of aliphatic imine (C=N–C) groups is 1. The van der Waals surface area contributed by atoms with Gasteiger partial charge in [-0.1, -0.05) is 53.7 Å². The van der Waals surface area contributed by atoms with E-state index in [0.717, 1.165) is 12.8 Å². The van der Waals surface area contributed by atoms with Gasteiger partial charge >= 0.3 is 5.97 Å². The highest BCUT2D eigenvalue weighted by Gasteiger charge is 2.35. The number of carbonyl (C=O) groups is 3. The van der Waals surface area contributed by atoms with Crippen LogP contribution in [0.3, 0.4) is 0 Å². The Kier molecular flexibility index (Phi) is 8.40. The average molecular weight is 522 g/mol. The van der Waals surface area contributed by atoms with E-state index in [0.29, 0.717) is 28.1 Å². The number of carboxylic acids is 1. The summed E-state index contributed by atoms with van der Waals surface area (Å²) in [6, 6.07) is 22.9. The fraction of sp³-hybridized carbons (Fsp3) is 0.185. The number of rotatable bonds is 8. The fourth-order valence-corrected chi connectivity index (χ4v) is 4.94. The number of nitrogens with zero attached hydrogens (tertiary/aromatic N) is 2. The molecule has 0 aromatic heterocycles. The molecule has 1 aliphatic rings. The van der Waals surface area contributed by atoms with Crippen molar-refractivity contribution in [3.8, 4) is 0 Å². The van der Waals surface area contributed by atoms with Crippen LogP contribution in [0.5, 0.6) is 0 Å². The zero-order valence-corrected chi connectivity index (χ0v) is 20.8. The summed E-state index contributed by atoms with van der Waals surface area (Å²) in [7, 11) is 0. The summed E-state index contributed by atoms with van der Waals surface area (Å²) in [5, 5.41) is 12.2. The lowest BCUT2D eigenvalue weighted by molar-refractivity contribution is -0.129. The van der Waals surface area contributed by atoms with Crippen LogP contribution >= 0.6 is 23.4 Å². The molecule has 4 rings (SSSR count). The van der Waals surface area contributed by atoms with Crippen molar-refractivity contribution in [2.45, 2.75) is 24.5 Å². The third kappa shape index (κ3) is 6.74. The normalized spacial score (nSPS) is 16.7. The van der Waals surface area contributed by atoms with Crippen LogP contribution in [0.2, 0.25) is 5.02 Å². The number of amidine groups is 1. The molecule has 0 saturated carbocycles. The number of benzene rings is 3. The summed E-state index contributed by atoms with van der Waals surface area (Å²) in [5.41, 5.74) is 2.41. The van der Waals surface area contributed by atoms with Crippen molar-refractivity contribution >= 4 is 57.7 Å². The maximum atomic E-state index is 13.1. The first-order valence-electron chi connectivity index (χ1n) is 11.4. The van der Waals surface area contributed by atoms with Gasteiger partial charge in [-0.05, 0) is 66.9 Å². The highest BCUT2D eigenvalue weighted by atomic mass is 35.5. The fourth-order valence-electron chi connectivity index (χ4n) is 3.69. The molecule has 2 N–H and O–H groups in total. The average Bonchev–Trinajstić information content (AvgIpc) is 2.87. The number of hydrogen-bond acceptors (Lipinski definition) is 5. The molecule has 0 radical (unpaired) electrons. The maximum absolute atomic E-state index is 13.1. The van der Waals surface area contributed by atoms with Crippen molar-refractivity contribution in [2.75, 3.05) is 11.9 Å². The number of aryl methyl sites for hydroxylation is 1. The van der Waals surface area contributed by atoms with Crippen molar-refractivity contribution in [1.82, 2.24) is 4.90 Å². The molecule has 1 aliphatic heterocycles. The van der Waals surface area contributed by atoms with E-state index >= 15 is 0 Å². The second-order valence-corrected chi connectivity index (χ2v) is 9.79. The van der Waals surface area contributed by atoms with Gasteiger partial charge in [-0.25, -0.2) is 9.79 Å². The van der Waals surface area contributed by atoms with E-state index in [9.17, 15) is 14.4 Å². The molecule has 1 saturated heterocycles. The summed E-state index contributed by atoms with van der Waals surface area (Å²) in [5.74, 6) is -1.56. The molecule has 9 heteroatoms. The number of carboxylic acid groups (broad SMARTS) is 1. The second-order valence-electron chi connectivity index (χ2n) is 8.19. The van der Waals surface area contributed by atoms with Crippen LogP contribution in [-0.4, -0.2) is 44.8 Å². The Morgan fingerprint density at radius 1 is 1.03 bits per heavy atom. The minimum atomic E-state index is -1.04. The van der Waals surface area contributed by atoms with Gasteiger partial charge in [0.15, 0.2) is 5.17 Å². The number of thioether (sulfide) groups is 1. The second kappa shape index (κ2) is 11.9. The lowest BCUT2D eigenvalue weighted by Crippen LogP contribution is -2.45. The number of nitrogens with one attached hydrogen (secondary N) is 1. The van der Waals surface area contributed by atoms with E-state index < -0.39 is 11.2 Å². The molecule has 1 atom stereocenters. The molecule has 1 fully saturated rings. The number of hydrogen-bond donors (Lipinski definition) is 2. The Labute approximate surface area is 218 Å². The van der Waals surface area contributed by atoms with Crippen molar-refractivity contribution in [3.05, 3.63) is 95.0 Å². The van der Waals surface area contributed by atoms with E-state index in [1.165, 1.54) is 41.6 Å². The van der Waals surface area contributed by atoms with E-state index in [-0.39, 0.29) is 23.8 Å². The molecule has 3 aromatic carbocycles. The van der Waals surface area contributed by atoms with Crippen LogP contribution in [0.15, 0.2) is 83.9 Å². The van der Waals surface area contributed by atoms with Crippen LogP contribution in [-0.2, 0) is 16.0 Å². The third-order valence-corrected chi connectivity index (χ3v) is 7.01. The molecule has 0 spiro atoms. The zero-order chi connectivity index (χ0) is 25.5. The number of aromatic carboxylic acids is 1. The van der Waals surface area contributed by atoms with E-state index in [2.05, 4.69) is 22.4 Å². The molecule has 1 heterocycles. The zero-order valence-electron chi connectivity index (χ0n) is 19.3. The van der Waals surface area contributed by atoms with E-state index in [1.807, 2.05) is 18.2 Å². The highest BCUT2D eigenvalue weighted by Crippen LogP contribution is 2.30. The Morgan fingerprint density at radius 3 is 2.39 bits per heavy atom. The smallest absolute Gasteiger partial charge is 0.335 e. The van der Waals surface area contributed by atoms with Crippen molar-refractivity contribution < 1.29 is 19.5 Å². The lowest BCUT2D eigenvalue weighted by atomic mass is 10.1. The number of anilines is 1. The highest BCUT2D eigenvalue weighted by molar-refractivity contribution is 8.15. The molecule has 0 aliphatic carbocycles. The van der Waals surface area contributed by atoms with Gasteiger partial charge in [-0.2, -0.15) is 0 Å². The van der Waals surface area contributed by atoms with Crippen LogP contribution in [0, 0.1) is 0 Å². The SMILES string of the molecule is O=C(O)c1ccc(NC(=O)C2CC(=O)N(CCCc3ccccc3)C(=Nc3ccc(Cl)cc3)S2)cc1. The van der Waals surface area contributed by atoms with Crippen LogP contribution < -0.4 is 5.32 Å².